The molecule has 1 unspecified atom stereocenters. The van der Waals surface area contributed by atoms with Gasteiger partial charge in [0.25, 0.3) is 0 Å². The molecule has 1 aliphatic carbocycles. The highest BCUT2D eigenvalue weighted by Crippen LogP contribution is 2.30. The average Bonchev–Trinajstić information content (AvgIpc) is 3.19. The lowest BCUT2D eigenvalue weighted by molar-refractivity contribution is -0.143. The highest BCUT2D eigenvalue weighted by Gasteiger charge is 2.32. The summed E-state index contributed by atoms with van der Waals surface area (Å²) in [7, 11) is 0. The molecule has 0 bridgehead atoms. The summed E-state index contributed by atoms with van der Waals surface area (Å²) in [6, 6.07) is 0.0235. The standard InChI is InChI=1S/C13H22N2O3/c1-2-14(8-10-5-6-10)13(18)15-7-3-4-11(9-15)12(16)17/h10-11H,2-9H2,1H3,(H,16,17). The molecule has 2 amide bonds. The van der Waals surface area contributed by atoms with E-state index in [1.54, 1.807) is 4.90 Å². The molecule has 0 radical (unpaired) electrons. The number of piperidine rings is 1. The number of urea groups is 1. The predicted octanol–water partition coefficient (Wildman–Crippen LogP) is 1.63. The predicted molar refractivity (Wildman–Crippen MR) is 67.3 cm³/mol. The number of rotatable bonds is 4. The number of hydrogen-bond donors (Lipinski definition) is 1. The molecule has 102 valence electrons. The van der Waals surface area contributed by atoms with Gasteiger partial charge >= 0.3 is 12.0 Å². The Labute approximate surface area is 108 Å². The number of aliphatic carboxylic acids is 1. The van der Waals surface area contributed by atoms with E-state index in [2.05, 4.69) is 0 Å². The molecular formula is C13H22N2O3. The van der Waals surface area contributed by atoms with Gasteiger partial charge < -0.3 is 14.9 Å². The molecule has 5 nitrogen and oxygen atoms in total. The molecule has 5 heteroatoms. The first-order valence-electron chi connectivity index (χ1n) is 6.88. The van der Waals surface area contributed by atoms with Crippen molar-refractivity contribution in [2.24, 2.45) is 11.8 Å². The molecule has 2 fully saturated rings. The first-order chi connectivity index (χ1) is 8.61. The molecule has 2 aliphatic rings. The van der Waals surface area contributed by atoms with Crippen molar-refractivity contribution in [2.75, 3.05) is 26.2 Å². The van der Waals surface area contributed by atoms with Crippen molar-refractivity contribution in [3.05, 3.63) is 0 Å². The van der Waals surface area contributed by atoms with E-state index in [9.17, 15) is 9.59 Å². The third-order valence-electron chi connectivity index (χ3n) is 3.87. The zero-order valence-electron chi connectivity index (χ0n) is 11.0. The molecule has 1 atom stereocenters. The van der Waals surface area contributed by atoms with Gasteiger partial charge in [-0.1, -0.05) is 0 Å². The van der Waals surface area contributed by atoms with Crippen molar-refractivity contribution in [1.29, 1.82) is 0 Å². The van der Waals surface area contributed by atoms with Crippen LogP contribution in [0.2, 0.25) is 0 Å². The van der Waals surface area contributed by atoms with Gasteiger partial charge in [-0.3, -0.25) is 4.79 Å². The Morgan fingerprint density at radius 3 is 2.61 bits per heavy atom. The molecule has 1 aliphatic heterocycles. The van der Waals surface area contributed by atoms with Crippen LogP contribution in [0.4, 0.5) is 4.79 Å². The lowest BCUT2D eigenvalue weighted by atomic mass is 9.98. The van der Waals surface area contributed by atoms with Crippen LogP contribution in [0.5, 0.6) is 0 Å². The van der Waals surface area contributed by atoms with Crippen molar-refractivity contribution in [3.8, 4) is 0 Å². The quantitative estimate of drug-likeness (QED) is 0.829. The Balaban J connectivity index is 1.91. The molecule has 1 saturated heterocycles. The highest BCUT2D eigenvalue weighted by atomic mass is 16.4. The summed E-state index contributed by atoms with van der Waals surface area (Å²) >= 11 is 0. The number of carboxylic acids is 1. The maximum absolute atomic E-state index is 12.3. The Hall–Kier alpha value is -1.26. The number of hydrogen-bond acceptors (Lipinski definition) is 2. The van der Waals surface area contributed by atoms with E-state index in [0.717, 1.165) is 13.0 Å². The van der Waals surface area contributed by atoms with Crippen LogP contribution in [0.15, 0.2) is 0 Å². The third-order valence-corrected chi connectivity index (χ3v) is 3.87. The van der Waals surface area contributed by atoms with Crippen LogP contribution in [0.25, 0.3) is 0 Å². The summed E-state index contributed by atoms with van der Waals surface area (Å²) in [5.41, 5.74) is 0. The summed E-state index contributed by atoms with van der Waals surface area (Å²) in [6.45, 7) is 4.60. The summed E-state index contributed by atoms with van der Waals surface area (Å²) < 4.78 is 0. The second-order valence-electron chi connectivity index (χ2n) is 5.39. The lowest BCUT2D eigenvalue weighted by Crippen LogP contribution is -2.49. The number of likely N-dealkylation sites (tertiary alicyclic amines) is 1. The van der Waals surface area contributed by atoms with Gasteiger partial charge in [-0.05, 0) is 38.5 Å². The van der Waals surface area contributed by atoms with E-state index < -0.39 is 5.97 Å². The Morgan fingerprint density at radius 2 is 2.06 bits per heavy atom. The first kappa shape index (κ1) is 13.2. The fourth-order valence-electron chi connectivity index (χ4n) is 2.51. The largest absolute Gasteiger partial charge is 0.481 e. The van der Waals surface area contributed by atoms with E-state index >= 15 is 0 Å². The second-order valence-corrected chi connectivity index (χ2v) is 5.39. The SMILES string of the molecule is CCN(CC1CC1)C(=O)N1CCCC(C(=O)O)C1. The van der Waals surface area contributed by atoms with Crippen LogP contribution >= 0.6 is 0 Å². The van der Waals surface area contributed by atoms with E-state index in [1.165, 1.54) is 12.8 Å². The normalized spacial score (nSPS) is 23.8. The third kappa shape index (κ3) is 3.15. The van der Waals surface area contributed by atoms with Crippen molar-refractivity contribution in [3.63, 3.8) is 0 Å². The number of carboxylic acid groups (broad SMARTS) is 1. The topological polar surface area (TPSA) is 60.9 Å². The molecular weight excluding hydrogens is 232 g/mol. The van der Waals surface area contributed by atoms with Crippen molar-refractivity contribution in [1.82, 2.24) is 9.80 Å². The summed E-state index contributed by atoms with van der Waals surface area (Å²) in [4.78, 5) is 26.9. The Bertz CT molecular complexity index is 328. The highest BCUT2D eigenvalue weighted by molar-refractivity contribution is 5.76. The van der Waals surface area contributed by atoms with Gasteiger partial charge in [0.1, 0.15) is 0 Å². The van der Waals surface area contributed by atoms with Crippen LogP contribution in [0.3, 0.4) is 0 Å². The van der Waals surface area contributed by atoms with Gasteiger partial charge in [-0.2, -0.15) is 0 Å². The Morgan fingerprint density at radius 1 is 1.33 bits per heavy atom. The molecule has 2 rings (SSSR count). The molecule has 0 aromatic carbocycles. The summed E-state index contributed by atoms with van der Waals surface area (Å²) in [6.07, 6.45) is 3.93. The maximum Gasteiger partial charge on any atom is 0.320 e. The fraction of sp³-hybridized carbons (Fsp3) is 0.846. The second kappa shape index (κ2) is 5.59. The van der Waals surface area contributed by atoms with Gasteiger partial charge in [0.2, 0.25) is 0 Å². The molecule has 18 heavy (non-hydrogen) atoms. The van der Waals surface area contributed by atoms with Crippen molar-refractivity contribution < 1.29 is 14.7 Å². The van der Waals surface area contributed by atoms with E-state index in [-0.39, 0.29) is 11.9 Å². The lowest BCUT2D eigenvalue weighted by Gasteiger charge is -2.35. The van der Waals surface area contributed by atoms with E-state index in [4.69, 9.17) is 5.11 Å². The molecule has 0 spiro atoms. The first-order valence-corrected chi connectivity index (χ1v) is 6.88. The van der Waals surface area contributed by atoms with Crippen LogP contribution in [0.1, 0.15) is 32.6 Å². The molecule has 1 N–H and O–H groups in total. The van der Waals surface area contributed by atoms with Gasteiger partial charge in [0.15, 0.2) is 0 Å². The minimum Gasteiger partial charge on any atom is -0.481 e. The van der Waals surface area contributed by atoms with Crippen LogP contribution in [-0.2, 0) is 4.79 Å². The van der Waals surface area contributed by atoms with E-state index in [1.807, 2.05) is 11.8 Å². The van der Waals surface area contributed by atoms with Crippen molar-refractivity contribution >= 4 is 12.0 Å². The minimum atomic E-state index is -0.780. The summed E-state index contributed by atoms with van der Waals surface area (Å²) in [5, 5.41) is 9.04. The smallest absolute Gasteiger partial charge is 0.320 e. The molecule has 0 aromatic rings. The van der Waals surface area contributed by atoms with Crippen LogP contribution in [-0.4, -0.2) is 53.1 Å². The van der Waals surface area contributed by atoms with Gasteiger partial charge in [0.05, 0.1) is 5.92 Å². The zero-order valence-corrected chi connectivity index (χ0v) is 11.0. The fourth-order valence-corrected chi connectivity index (χ4v) is 2.51. The number of carbonyl (C=O) groups excluding carboxylic acids is 1. The molecule has 0 aromatic heterocycles. The maximum atomic E-state index is 12.3. The molecule has 1 saturated carbocycles. The van der Waals surface area contributed by atoms with Crippen LogP contribution < -0.4 is 0 Å². The van der Waals surface area contributed by atoms with E-state index in [0.29, 0.717) is 32.0 Å². The molecule has 1 heterocycles. The zero-order chi connectivity index (χ0) is 13.1. The Kier molecular flexibility index (Phi) is 4.09. The number of amides is 2. The monoisotopic (exact) mass is 254 g/mol. The van der Waals surface area contributed by atoms with Gasteiger partial charge in [-0.25, -0.2) is 4.79 Å². The van der Waals surface area contributed by atoms with Gasteiger partial charge in [-0.15, -0.1) is 0 Å². The summed E-state index contributed by atoms with van der Waals surface area (Å²) in [5.74, 6) is -0.492. The average molecular weight is 254 g/mol. The van der Waals surface area contributed by atoms with Crippen molar-refractivity contribution in [2.45, 2.75) is 32.6 Å². The number of carbonyl (C=O) groups is 2. The van der Waals surface area contributed by atoms with Crippen LogP contribution in [0, 0.1) is 11.8 Å². The number of nitrogens with zero attached hydrogens (tertiary/aromatic N) is 2. The van der Waals surface area contributed by atoms with Gasteiger partial charge in [0, 0.05) is 26.2 Å². The minimum absolute atomic E-state index is 0.0235.